The summed E-state index contributed by atoms with van der Waals surface area (Å²) >= 11 is 0. The highest BCUT2D eigenvalue weighted by atomic mass is 32.2. The van der Waals surface area contributed by atoms with Crippen molar-refractivity contribution in [1.29, 1.82) is 0 Å². The first-order valence-corrected chi connectivity index (χ1v) is 8.19. The van der Waals surface area contributed by atoms with Crippen molar-refractivity contribution < 1.29 is 37.8 Å². The molecular weight excluding hydrogens is 316 g/mol. The smallest absolute Gasteiger partial charge is 0.267 e. The predicted octanol–water partition coefficient (Wildman–Crippen LogP) is -1.10. The Kier molecular flexibility index (Phi) is 5.50. The summed E-state index contributed by atoms with van der Waals surface area (Å²) in [6.45, 7) is 0.0681. The fraction of sp³-hybridized carbons (Fsp3) is 0.538. The molecule has 0 radical (unpaired) electrons. The fourth-order valence-corrected chi connectivity index (χ4v) is 2.90. The summed E-state index contributed by atoms with van der Waals surface area (Å²) in [6.07, 6.45) is -7.50. The first kappa shape index (κ1) is 17.3. The molecule has 1 aromatic carbocycles. The van der Waals surface area contributed by atoms with E-state index in [0.29, 0.717) is 0 Å². The number of ether oxygens (including phenoxy) is 2. The maximum absolute atomic E-state index is 10.8. The third-order valence-corrected chi connectivity index (χ3v) is 4.07. The Bertz CT molecular complexity index is 575. The molecule has 1 aliphatic rings. The highest BCUT2D eigenvalue weighted by molar-refractivity contribution is 7.85. The van der Waals surface area contributed by atoms with Crippen molar-refractivity contribution in [3.8, 4) is 0 Å². The van der Waals surface area contributed by atoms with Gasteiger partial charge < -0.3 is 24.8 Å². The zero-order valence-electron chi connectivity index (χ0n) is 11.5. The predicted molar refractivity (Wildman–Crippen MR) is 74.3 cm³/mol. The second kappa shape index (κ2) is 7.01. The maximum atomic E-state index is 10.8. The van der Waals surface area contributed by atoms with Crippen molar-refractivity contribution in [1.82, 2.24) is 0 Å². The van der Waals surface area contributed by atoms with Crippen LogP contribution in [0.4, 0.5) is 0 Å². The molecule has 124 valence electrons. The molecule has 1 aliphatic heterocycles. The summed E-state index contributed by atoms with van der Waals surface area (Å²) in [7, 11) is -4.42. The minimum Gasteiger partial charge on any atom is -0.388 e. The lowest BCUT2D eigenvalue weighted by atomic mass is 10.00. The average molecular weight is 334 g/mol. The van der Waals surface area contributed by atoms with E-state index < -0.39 is 46.6 Å². The molecule has 5 atom stereocenters. The molecule has 4 N–H and O–H groups in total. The maximum Gasteiger partial charge on any atom is 0.267 e. The molecule has 0 amide bonds. The normalized spacial score (nSPS) is 32.8. The molecule has 0 spiro atoms. The zero-order valence-corrected chi connectivity index (χ0v) is 12.3. The molecule has 0 saturated carbocycles. The SMILES string of the molecule is O=S(=O)(O)C[C@H]1O[C@H](O)[C@H](OCc2ccccc2)[C@@H](O)[C@H]1O. The molecule has 0 aliphatic carbocycles. The van der Waals surface area contributed by atoms with Crippen molar-refractivity contribution in [3.63, 3.8) is 0 Å². The van der Waals surface area contributed by atoms with Crippen molar-refractivity contribution >= 4 is 10.1 Å². The number of benzene rings is 1. The summed E-state index contributed by atoms with van der Waals surface area (Å²) in [5.41, 5.74) is 0.788. The van der Waals surface area contributed by atoms with Gasteiger partial charge in [-0.05, 0) is 5.56 Å². The van der Waals surface area contributed by atoms with Crippen LogP contribution in [0.2, 0.25) is 0 Å². The van der Waals surface area contributed by atoms with Gasteiger partial charge in [0.25, 0.3) is 10.1 Å². The largest absolute Gasteiger partial charge is 0.388 e. The van der Waals surface area contributed by atoms with Crippen LogP contribution < -0.4 is 0 Å². The first-order chi connectivity index (χ1) is 10.3. The first-order valence-electron chi connectivity index (χ1n) is 6.58. The summed E-state index contributed by atoms with van der Waals surface area (Å²) in [6, 6.07) is 8.96. The van der Waals surface area contributed by atoms with Gasteiger partial charge in [-0.1, -0.05) is 30.3 Å². The van der Waals surface area contributed by atoms with Crippen LogP contribution in [0.15, 0.2) is 30.3 Å². The topological polar surface area (TPSA) is 134 Å². The monoisotopic (exact) mass is 334 g/mol. The highest BCUT2D eigenvalue weighted by Crippen LogP contribution is 2.24. The lowest BCUT2D eigenvalue weighted by Crippen LogP contribution is -2.59. The number of hydrogen-bond donors (Lipinski definition) is 4. The van der Waals surface area contributed by atoms with E-state index in [1.165, 1.54) is 0 Å². The number of hydrogen-bond acceptors (Lipinski definition) is 7. The summed E-state index contributed by atoms with van der Waals surface area (Å²) in [4.78, 5) is 0. The minimum absolute atomic E-state index is 0.0681. The second-order valence-corrected chi connectivity index (χ2v) is 6.55. The van der Waals surface area contributed by atoms with Crippen molar-refractivity contribution in [3.05, 3.63) is 35.9 Å². The van der Waals surface area contributed by atoms with Crippen LogP contribution in [0.3, 0.4) is 0 Å². The van der Waals surface area contributed by atoms with Crippen molar-refractivity contribution in [2.24, 2.45) is 0 Å². The Labute approximate surface area is 127 Å². The Morgan fingerprint density at radius 3 is 2.32 bits per heavy atom. The average Bonchev–Trinajstić information content (AvgIpc) is 2.44. The van der Waals surface area contributed by atoms with E-state index >= 15 is 0 Å². The quantitative estimate of drug-likeness (QED) is 0.499. The molecule has 8 nitrogen and oxygen atoms in total. The van der Waals surface area contributed by atoms with Gasteiger partial charge in [-0.2, -0.15) is 8.42 Å². The van der Waals surface area contributed by atoms with Crippen LogP contribution >= 0.6 is 0 Å². The Balaban J connectivity index is 1.99. The molecule has 0 bridgehead atoms. The lowest BCUT2D eigenvalue weighted by Gasteiger charge is -2.40. The summed E-state index contributed by atoms with van der Waals surface area (Å²) in [5.74, 6) is -0.937. The van der Waals surface area contributed by atoms with Gasteiger partial charge in [-0.15, -0.1) is 0 Å². The Morgan fingerprint density at radius 1 is 1.09 bits per heavy atom. The van der Waals surface area contributed by atoms with Gasteiger partial charge in [0.05, 0.1) is 6.61 Å². The van der Waals surface area contributed by atoms with E-state index in [1.807, 2.05) is 6.07 Å². The molecule has 22 heavy (non-hydrogen) atoms. The molecule has 0 unspecified atom stereocenters. The zero-order chi connectivity index (χ0) is 16.3. The van der Waals surface area contributed by atoms with Crippen molar-refractivity contribution in [2.45, 2.75) is 37.3 Å². The minimum atomic E-state index is -4.42. The fourth-order valence-electron chi connectivity index (χ4n) is 2.21. The summed E-state index contributed by atoms with van der Waals surface area (Å²) < 4.78 is 40.7. The van der Waals surface area contributed by atoms with Gasteiger partial charge in [-0.3, -0.25) is 4.55 Å². The van der Waals surface area contributed by atoms with Crippen LogP contribution in [-0.4, -0.2) is 64.7 Å². The van der Waals surface area contributed by atoms with E-state index in [0.717, 1.165) is 5.56 Å². The van der Waals surface area contributed by atoms with E-state index in [-0.39, 0.29) is 6.61 Å². The number of aliphatic hydroxyl groups excluding tert-OH is 3. The Morgan fingerprint density at radius 2 is 1.73 bits per heavy atom. The standard InChI is InChI=1S/C13H18O8S/c14-10-9(7-22(17,18)19)21-13(16)12(11(10)15)20-6-8-4-2-1-3-5-8/h1-5,9-16H,6-7H2,(H,17,18,19)/t9-,10+,11+,12-,13+/m1/s1. The van der Waals surface area contributed by atoms with E-state index in [1.54, 1.807) is 24.3 Å². The number of rotatable bonds is 5. The van der Waals surface area contributed by atoms with Gasteiger partial charge in [0.1, 0.15) is 30.2 Å². The van der Waals surface area contributed by atoms with Crippen LogP contribution in [0.1, 0.15) is 5.56 Å². The van der Waals surface area contributed by atoms with Gasteiger partial charge in [-0.25, -0.2) is 0 Å². The number of aliphatic hydroxyl groups is 3. The van der Waals surface area contributed by atoms with Gasteiger partial charge in [0, 0.05) is 0 Å². The molecule has 2 rings (SSSR count). The van der Waals surface area contributed by atoms with E-state index in [4.69, 9.17) is 14.0 Å². The van der Waals surface area contributed by atoms with Crippen LogP contribution in [-0.2, 0) is 26.2 Å². The molecule has 1 fully saturated rings. The van der Waals surface area contributed by atoms with Crippen molar-refractivity contribution in [2.75, 3.05) is 5.75 Å². The van der Waals surface area contributed by atoms with Crippen LogP contribution in [0, 0.1) is 0 Å². The lowest BCUT2D eigenvalue weighted by molar-refractivity contribution is -0.289. The Hall–Kier alpha value is -1.07. The highest BCUT2D eigenvalue weighted by Gasteiger charge is 2.45. The molecular formula is C13H18O8S. The molecule has 1 aromatic rings. The molecule has 9 heteroatoms. The molecule has 1 saturated heterocycles. The van der Waals surface area contributed by atoms with Crippen LogP contribution in [0.5, 0.6) is 0 Å². The summed E-state index contributed by atoms with van der Waals surface area (Å²) in [5, 5.41) is 29.6. The van der Waals surface area contributed by atoms with E-state index in [9.17, 15) is 23.7 Å². The molecule has 0 aromatic heterocycles. The van der Waals surface area contributed by atoms with Crippen LogP contribution in [0.25, 0.3) is 0 Å². The van der Waals surface area contributed by atoms with Gasteiger partial charge >= 0.3 is 0 Å². The third kappa shape index (κ3) is 4.46. The molecule has 1 heterocycles. The second-order valence-electron chi connectivity index (χ2n) is 5.06. The van der Waals surface area contributed by atoms with E-state index in [2.05, 4.69) is 0 Å². The third-order valence-electron chi connectivity index (χ3n) is 3.32. The van der Waals surface area contributed by atoms with Gasteiger partial charge in [0.2, 0.25) is 0 Å². The van der Waals surface area contributed by atoms with Gasteiger partial charge in [0.15, 0.2) is 6.29 Å².